The fraction of sp³-hybridized carbons (Fsp3) is 0.897. The van der Waals surface area contributed by atoms with E-state index in [1.807, 2.05) is 0 Å². The van der Waals surface area contributed by atoms with Gasteiger partial charge in [-0.05, 0) is 18.9 Å². The summed E-state index contributed by atoms with van der Waals surface area (Å²) in [5.41, 5.74) is 0. The number of allylic oxidation sites excluding steroid dienone is 1. The van der Waals surface area contributed by atoms with Gasteiger partial charge in [0.05, 0.1) is 5.97 Å². The van der Waals surface area contributed by atoms with E-state index in [1.165, 1.54) is 148 Å². The number of carbonyl (C=O) groups is 1. The van der Waals surface area contributed by atoms with Gasteiger partial charge in [-0.25, -0.2) is 0 Å². The summed E-state index contributed by atoms with van der Waals surface area (Å²) in [5, 5.41) is 10.2. The minimum atomic E-state index is -1.08. The molecule has 0 saturated carbocycles. The van der Waals surface area contributed by atoms with Gasteiger partial charge in [0, 0.05) is 0 Å². The van der Waals surface area contributed by atoms with E-state index in [1.54, 1.807) is 6.08 Å². The minimum absolute atomic E-state index is 0. The largest absolute Gasteiger partial charge is 1.00 e. The predicted octanol–water partition coefficient (Wildman–Crippen LogP) is 6.07. The molecule has 0 unspecified atom stereocenters. The number of rotatable bonds is 26. The van der Waals surface area contributed by atoms with Crippen LogP contribution in [0.25, 0.3) is 0 Å². The molecule has 0 aromatic heterocycles. The van der Waals surface area contributed by atoms with Crippen molar-refractivity contribution in [3.05, 3.63) is 12.2 Å². The van der Waals surface area contributed by atoms with Crippen molar-refractivity contribution < 1.29 is 28.8 Å². The number of unbranched alkanes of at least 4 members (excludes halogenated alkanes) is 24. The zero-order valence-electron chi connectivity index (χ0n) is 22.1. The summed E-state index contributed by atoms with van der Waals surface area (Å²) in [6, 6.07) is 0. The summed E-state index contributed by atoms with van der Waals surface area (Å²) in [4.78, 5) is 10.2. The van der Waals surface area contributed by atoms with Crippen LogP contribution in [-0.4, -0.2) is 5.97 Å². The van der Waals surface area contributed by atoms with Crippen molar-refractivity contribution in [3.8, 4) is 0 Å². The summed E-state index contributed by atoms with van der Waals surface area (Å²) in [5.74, 6) is -1.08. The molecule has 0 fully saturated rings. The minimum Gasteiger partial charge on any atom is -0.545 e. The first-order valence-electron chi connectivity index (χ1n) is 14.1. The second-order valence-electron chi connectivity index (χ2n) is 9.64. The molecule has 0 spiro atoms. The average molecular weight is 443 g/mol. The first-order chi connectivity index (χ1) is 15.3. The van der Waals surface area contributed by atoms with Crippen molar-refractivity contribution in [2.75, 3.05) is 0 Å². The number of hydrogen-bond acceptors (Lipinski definition) is 2. The molecule has 0 aromatic carbocycles. The Labute approximate surface area is 214 Å². The molecular formula is C29H55LiO2. The van der Waals surface area contributed by atoms with Crippen LogP contribution < -0.4 is 24.0 Å². The monoisotopic (exact) mass is 442 g/mol. The second kappa shape index (κ2) is 30.8. The second-order valence-corrected chi connectivity index (χ2v) is 9.64. The van der Waals surface area contributed by atoms with Crippen LogP contribution in [0.2, 0.25) is 0 Å². The fourth-order valence-corrected chi connectivity index (χ4v) is 4.40. The molecule has 184 valence electrons. The van der Waals surface area contributed by atoms with Crippen LogP contribution in [0.3, 0.4) is 0 Å². The molecular weight excluding hydrogens is 387 g/mol. The molecule has 0 amide bonds. The van der Waals surface area contributed by atoms with Crippen LogP contribution in [0.1, 0.15) is 167 Å². The van der Waals surface area contributed by atoms with Gasteiger partial charge in [0.2, 0.25) is 0 Å². The standard InChI is InChI=1S/C29H56O2.Li/c1-2-3-4-5-6-7-8-9-10-11-12-13-14-15-16-17-18-19-20-21-22-23-24-25-26-27-28-29(30)31;/h27-28H,2-26H2,1H3,(H,30,31);/q;+1/p-1. The number of hydrogen-bond donors (Lipinski definition) is 0. The van der Waals surface area contributed by atoms with Crippen molar-refractivity contribution in [2.45, 2.75) is 167 Å². The summed E-state index contributed by atoms with van der Waals surface area (Å²) < 4.78 is 0. The van der Waals surface area contributed by atoms with Crippen LogP contribution in [0.5, 0.6) is 0 Å². The van der Waals surface area contributed by atoms with Crippen LogP contribution in [0.15, 0.2) is 12.2 Å². The van der Waals surface area contributed by atoms with Crippen LogP contribution in [0.4, 0.5) is 0 Å². The van der Waals surface area contributed by atoms with Gasteiger partial charge >= 0.3 is 18.9 Å². The van der Waals surface area contributed by atoms with Crippen LogP contribution in [-0.2, 0) is 4.79 Å². The summed E-state index contributed by atoms with van der Waals surface area (Å²) in [7, 11) is 0. The van der Waals surface area contributed by atoms with Crippen LogP contribution >= 0.6 is 0 Å². The maximum atomic E-state index is 10.2. The average Bonchev–Trinajstić information content (AvgIpc) is 2.76. The Hall–Kier alpha value is -0.193. The Balaban J connectivity index is 0. The third-order valence-electron chi connectivity index (χ3n) is 6.48. The normalized spacial score (nSPS) is 11.2. The number of carboxylic acids is 1. The topological polar surface area (TPSA) is 40.1 Å². The van der Waals surface area contributed by atoms with Gasteiger partial charge in [0.15, 0.2) is 0 Å². The molecule has 0 bridgehead atoms. The molecule has 2 nitrogen and oxygen atoms in total. The summed E-state index contributed by atoms with van der Waals surface area (Å²) in [6.45, 7) is 2.29. The maximum Gasteiger partial charge on any atom is 1.00 e. The Kier molecular flexibility index (Phi) is 32.7. The number of carbonyl (C=O) groups excluding carboxylic acids is 1. The van der Waals surface area contributed by atoms with Crippen molar-refractivity contribution in [1.29, 1.82) is 0 Å². The van der Waals surface area contributed by atoms with Gasteiger partial charge in [-0.1, -0.05) is 161 Å². The Bertz CT molecular complexity index is 381. The molecule has 0 radical (unpaired) electrons. The van der Waals surface area contributed by atoms with Crippen molar-refractivity contribution in [3.63, 3.8) is 0 Å². The molecule has 0 aliphatic carbocycles. The molecule has 0 aliphatic heterocycles. The molecule has 0 heterocycles. The van der Waals surface area contributed by atoms with Crippen molar-refractivity contribution in [2.24, 2.45) is 0 Å². The van der Waals surface area contributed by atoms with Gasteiger partial charge in [-0.15, -0.1) is 0 Å². The van der Waals surface area contributed by atoms with Crippen molar-refractivity contribution in [1.82, 2.24) is 0 Å². The van der Waals surface area contributed by atoms with E-state index in [2.05, 4.69) is 6.92 Å². The molecule has 3 heteroatoms. The Morgan fingerprint density at radius 3 is 1.00 bits per heavy atom. The molecule has 32 heavy (non-hydrogen) atoms. The first-order valence-corrected chi connectivity index (χ1v) is 14.1. The SMILES string of the molecule is CCCCCCCCCCCCCCCCCCCCCCCCCCC=CC(=O)[O-].[Li+]. The van der Waals surface area contributed by atoms with E-state index < -0.39 is 5.97 Å². The van der Waals surface area contributed by atoms with Crippen LogP contribution in [0, 0.1) is 0 Å². The van der Waals surface area contributed by atoms with E-state index in [0.29, 0.717) is 0 Å². The third kappa shape index (κ3) is 32.0. The number of carboxylic acid groups (broad SMARTS) is 1. The van der Waals surface area contributed by atoms with Gasteiger partial charge < -0.3 is 9.90 Å². The maximum absolute atomic E-state index is 10.2. The molecule has 0 atom stereocenters. The van der Waals surface area contributed by atoms with Gasteiger partial charge in [-0.3, -0.25) is 0 Å². The van der Waals surface area contributed by atoms with E-state index in [-0.39, 0.29) is 18.9 Å². The molecule has 0 saturated heterocycles. The number of aliphatic carboxylic acids is 1. The van der Waals surface area contributed by atoms with Crippen molar-refractivity contribution >= 4 is 5.97 Å². The molecule has 0 rings (SSSR count). The fourth-order valence-electron chi connectivity index (χ4n) is 4.40. The zero-order valence-corrected chi connectivity index (χ0v) is 22.1. The molecule has 0 N–H and O–H groups in total. The summed E-state index contributed by atoms with van der Waals surface area (Å²) >= 11 is 0. The summed E-state index contributed by atoms with van der Waals surface area (Å²) in [6.07, 6.45) is 37.5. The van der Waals surface area contributed by atoms with Gasteiger partial charge in [-0.2, -0.15) is 0 Å². The molecule has 0 aromatic rings. The first kappa shape index (κ1) is 34.0. The van der Waals surface area contributed by atoms with E-state index in [0.717, 1.165) is 18.9 Å². The van der Waals surface area contributed by atoms with Gasteiger partial charge in [0.1, 0.15) is 0 Å². The van der Waals surface area contributed by atoms with Gasteiger partial charge in [0.25, 0.3) is 0 Å². The third-order valence-corrected chi connectivity index (χ3v) is 6.48. The van der Waals surface area contributed by atoms with E-state index >= 15 is 0 Å². The van der Waals surface area contributed by atoms with E-state index in [4.69, 9.17) is 0 Å². The Morgan fingerprint density at radius 1 is 0.500 bits per heavy atom. The molecule has 0 aliphatic rings. The zero-order chi connectivity index (χ0) is 22.7. The Morgan fingerprint density at radius 2 is 0.750 bits per heavy atom. The quantitative estimate of drug-likeness (QED) is 0.0926. The smallest absolute Gasteiger partial charge is 0.545 e. The van der Waals surface area contributed by atoms with E-state index in [9.17, 15) is 9.90 Å². The predicted molar refractivity (Wildman–Crippen MR) is 135 cm³/mol.